The Morgan fingerprint density at radius 2 is 2.07 bits per heavy atom. The summed E-state index contributed by atoms with van der Waals surface area (Å²) in [6.07, 6.45) is 4.95. The van der Waals surface area contributed by atoms with E-state index in [4.69, 9.17) is 0 Å². The third-order valence-corrected chi connectivity index (χ3v) is 5.22. The first-order chi connectivity index (χ1) is 13.0. The predicted octanol–water partition coefficient (Wildman–Crippen LogP) is 2.15. The van der Waals surface area contributed by atoms with Crippen molar-refractivity contribution >= 4 is 5.91 Å². The largest absolute Gasteiger partial charge is 0.379 e. The smallest absolute Gasteiger partial charge is 0.256 e. The molecular weight excluding hydrogens is 340 g/mol. The highest BCUT2D eigenvalue weighted by atomic mass is 16.3. The molecule has 1 aliphatic rings. The van der Waals surface area contributed by atoms with Crippen LogP contribution in [0.3, 0.4) is 0 Å². The number of aliphatic hydroxyl groups is 1. The monoisotopic (exact) mass is 370 g/mol. The molecule has 2 N–H and O–H groups in total. The Morgan fingerprint density at radius 3 is 2.74 bits per heavy atom. The number of likely N-dealkylation sites (tertiary alicyclic amines) is 1. The molecule has 1 saturated heterocycles. The summed E-state index contributed by atoms with van der Waals surface area (Å²) in [6.45, 7) is 7.23. The lowest BCUT2D eigenvalue weighted by Crippen LogP contribution is -2.57. The fourth-order valence-corrected chi connectivity index (χ4v) is 3.53. The molecule has 146 valence electrons. The number of piperidine rings is 1. The molecule has 0 radical (unpaired) electrons. The fraction of sp³-hybridized carbons (Fsp3) is 0.524. The van der Waals surface area contributed by atoms with Crippen molar-refractivity contribution in [3.63, 3.8) is 0 Å². The molecule has 1 aromatic heterocycles. The summed E-state index contributed by atoms with van der Waals surface area (Å²) in [6, 6.07) is 10.3. The van der Waals surface area contributed by atoms with Gasteiger partial charge in [0.25, 0.3) is 5.91 Å². The van der Waals surface area contributed by atoms with Crippen LogP contribution >= 0.6 is 0 Å². The van der Waals surface area contributed by atoms with Gasteiger partial charge in [-0.1, -0.05) is 38.1 Å². The third kappa shape index (κ3) is 4.96. The number of aromatic nitrogens is 2. The molecule has 1 unspecified atom stereocenters. The maximum atomic E-state index is 12.9. The number of carbonyl (C=O) groups excluding carboxylic acids is 1. The van der Waals surface area contributed by atoms with Crippen molar-refractivity contribution in [2.45, 2.75) is 51.3 Å². The van der Waals surface area contributed by atoms with Crippen LogP contribution in [0, 0.1) is 0 Å². The number of nitrogens with zero attached hydrogens (tertiary/aromatic N) is 3. The summed E-state index contributed by atoms with van der Waals surface area (Å²) in [7, 11) is 0. The second-order valence-electron chi connectivity index (χ2n) is 7.70. The molecule has 1 atom stereocenters. The summed E-state index contributed by atoms with van der Waals surface area (Å²) >= 11 is 0. The van der Waals surface area contributed by atoms with Gasteiger partial charge in [0.05, 0.1) is 6.54 Å². The molecule has 27 heavy (non-hydrogen) atoms. The van der Waals surface area contributed by atoms with Gasteiger partial charge in [-0.3, -0.25) is 9.48 Å². The minimum absolute atomic E-state index is 0.173. The molecule has 1 aliphatic heterocycles. The topological polar surface area (TPSA) is 70.4 Å². The van der Waals surface area contributed by atoms with E-state index in [0.29, 0.717) is 38.5 Å². The first-order valence-electron chi connectivity index (χ1n) is 9.77. The van der Waals surface area contributed by atoms with Crippen molar-refractivity contribution in [3.05, 3.63) is 53.9 Å². The molecular formula is C21H30N4O2. The molecule has 2 aromatic rings. The number of carbonyl (C=O) groups is 1. The second-order valence-corrected chi connectivity index (χ2v) is 7.70. The number of nitrogens with one attached hydrogen (secondary N) is 1. The van der Waals surface area contributed by atoms with Crippen LogP contribution in [0.4, 0.5) is 0 Å². The van der Waals surface area contributed by atoms with Gasteiger partial charge in [-0.25, -0.2) is 0 Å². The van der Waals surface area contributed by atoms with E-state index in [1.165, 1.54) is 5.56 Å². The lowest BCUT2D eigenvalue weighted by Gasteiger charge is -2.38. The van der Waals surface area contributed by atoms with Crippen molar-refractivity contribution in [1.82, 2.24) is 20.0 Å². The average molecular weight is 370 g/mol. The molecule has 1 fully saturated rings. The zero-order chi connectivity index (χ0) is 19.3. The van der Waals surface area contributed by atoms with Crippen LogP contribution in [0.5, 0.6) is 0 Å². The van der Waals surface area contributed by atoms with Crippen LogP contribution in [0.1, 0.15) is 43.7 Å². The number of hydrogen-bond donors (Lipinski definition) is 2. The standard InChI is InChI=1S/C21H30N4O2/c1-17(2)19-7-5-18(6-8-19)15-24-12-3-9-21(27,20(24)26)16-22-11-14-25-13-4-10-23-25/h4-8,10,13,17,22,27H,3,9,11-12,14-16H2,1-2H3. The molecule has 1 amide bonds. The number of amides is 1. The highest BCUT2D eigenvalue weighted by Gasteiger charge is 2.41. The Labute approximate surface area is 161 Å². The minimum Gasteiger partial charge on any atom is -0.379 e. The van der Waals surface area contributed by atoms with Crippen molar-refractivity contribution < 1.29 is 9.90 Å². The molecule has 6 nitrogen and oxygen atoms in total. The molecule has 0 bridgehead atoms. The van der Waals surface area contributed by atoms with Crippen LogP contribution < -0.4 is 5.32 Å². The highest BCUT2D eigenvalue weighted by Crippen LogP contribution is 2.24. The van der Waals surface area contributed by atoms with Gasteiger partial charge in [-0.2, -0.15) is 5.10 Å². The zero-order valence-electron chi connectivity index (χ0n) is 16.3. The van der Waals surface area contributed by atoms with Crippen molar-refractivity contribution in [2.75, 3.05) is 19.6 Å². The Hall–Kier alpha value is -2.18. The predicted molar refractivity (Wildman–Crippen MR) is 105 cm³/mol. The Morgan fingerprint density at radius 1 is 1.30 bits per heavy atom. The Bertz CT molecular complexity index is 727. The lowest BCUT2D eigenvalue weighted by atomic mass is 9.91. The lowest BCUT2D eigenvalue weighted by molar-refractivity contribution is -0.157. The van der Waals surface area contributed by atoms with Gasteiger partial charge >= 0.3 is 0 Å². The quantitative estimate of drug-likeness (QED) is 0.699. The Balaban J connectivity index is 1.53. The van der Waals surface area contributed by atoms with Crippen LogP contribution in [0.15, 0.2) is 42.7 Å². The van der Waals surface area contributed by atoms with E-state index in [9.17, 15) is 9.90 Å². The van der Waals surface area contributed by atoms with Gasteiger partial charge in [0.15, 0.2) is 5.60 Å². The average Bonchev–Trinajstić information content (AvgIpc) is 3.17. The van der Waals surface area contributed by atoms with Crippen LogP contribution in [0.25, 0.3) is 0 Å². The first kappa shape index (κ1) is 19.6. The van der Waals surface area contributed by atoms with E-state index < -0.39 is 5.60 Å². The molecule has 6 heteroatoms. The first-order valence-corrected chi connectivity index (χ1v) is 9.77. The van der Waals surface area contributed by atoms with E-state index >= 15 is 0 Å². The normalized spacial score (nSPS) is 20.4. The van der Waals surface area contributed by atoms with Gasteiger partial charge < -0.3 is 15.3 Å². The zero-order valence-corrected chi connectivity index (χ0v) is 16.3. The van der Waals surface area contributed by atoms with Gasteiger partial charge in [0.2, 0.25) is 0 Å². The van der Waals surface area contributed by atoms with Gasteiger partial charge in [-0.15, -0.1) is 0 Å². The molecule has 3 rings (SSSR count). The molecule has 0 spiro atoms. The maximum absolute atomic E-state index is 12.9. The minimum atomic E-state index is -1.32. The summed E-state index contributed by atoms with van der Waals surface area (Å²) < 4.78 is 1.83. The van der Waals surface area contributed by atoms with Crippen molar-refractivity contribution in [1.29, 1.82) is 0 Å². The summed E-state index contributed by atoms with van der Waals surface area (Å²) in [5.41, 5.74) is 1.07. The van der Waals surface area contributed by atoms with Crippen LogP contribution in [-0.4, -0.2) is 50.9 Å². The van der Waals surface area contributed by atoms with Crippen molar-refractivity contribution in [2.24, 2.45) is 0 Å². The maximum Gasteiger partial charge on any atom is 0.256 e. The molecule has 0 aliphatic carbocycles. The molecule has 1 aromatic carbocycles. The Kier molecular flexibility index (Phi) is 6.29. The third-order valence-electron chi connectivity index (χ3n) is 5.22. The van der Waals surface area contributed by atoms with Gasteiger partial charge in [0.1, 0.15) is 0 Å². The van der Waals surface area contributed by atoms with E-state index in [1.807, 2.05) is 16.9 Å². The molecule has 0 saturated carbocycles. The molecule has 2 heterocycles. The summed E-state index contributed by atoms with van der Waals surface area (Å²) in [4.78, 5) is 14.6. The van der Waals surface area contributed by atoms with Crippen LogP contribution in [-0.2, 0) is 17.9 Å². The fourth-order valence-electron chi connectivity index (χ4n) is 3.53. The van der Waals surface area contributed by atoms with Gasteiger partial charge in [0, 0.05) is 38.6 Å². The summed E-state index contributed by atoms with van der Waals surface area (Å²) in [5.74, 6) is 0.321. The van der Waals surface area contributed by atoms with Crippen molar-refractivity contribution in [3.8, 4) is 0 Å². The second kappa shape index (κ2) is 8.67. The van der Waals surface area contributed by atoms with E-state index in [1.54, 1.807) is 11.1 Å². The number of benzene rings is 1. The van der Waals surface area contributed by atoms with E-state index in [0.717, 1.165) is 12.0 Å². The van der Waals surface area contributed by atoms with E-state index in [2.05, 4.69) is 48.5 Å². The number of rotatable bonds is 8. The number of hydrogen-bond acceptors (Lipinski definition) is 4. The van der Waals surface area contributed by atoms with Gasteiger partial charge in [-0.05, 0) is 36.0 Å². The SMILES string of the molecule is CC(C)c1ccc(CN2CCCC(O)(CNCCn3cccn3)C2=O)cc1. The van der Waals surface area contributed by atoms with Crippen LogP contribution in [0.2, 0.25) is 0 Å². The highest BCUT2D eigenvalue weighted by molar-refractivity contribution is 5.86. The van der Waals surface area contributed by atoms with E-state index in [-0.39, 0.29) is 12.5 Å². The summed E-state index contributed by atoms with van der Waals surface area (Å²) in [5, 5.41) is 18.2.